The van der Waals surface area contributed by atoms with Crippen molar-refractivity contribution in [3.63, 3.8) is 0 Å². The summed E-state index contributed by atoms with van der Waals surface area (Å²) in [5.41, 5.74) is 0. The smallest absolute Gasteiger partial charge is 0.0571 e. The maximum Gasteiger partial charge on any atom is 0.0571 e. The molecule has 116 valence electrons. The molecule has 0 aliphatic heterocycles. The molecule has 0 rings (SSSR count). The van der Waals surface area contributed by atoms with Crippen LogP contribution in [0.2, 0.25) is 0 Å². The molecule has 0 saturated heterocycles. The van der Waals surface area contributed by atoms with Crippen molar-refractivity contribution < 1.29 is 4.74 Å². The van der Waals surface area contributed by atoms with Crippen molar-refractivity contribution >= 4 is 0 Å². The maximum absolute atomic E-state index is 5.60. The van der Waals surface area contributed by atoms with E-state index in [2.05, 4.69) is 13.8 Å². The predicted molar refractivity (Wildman–Crippen MR) is 86.8 cm³/mol. The fraction of sp³-hybridized carbons (Fsp3) is 1.00. The van der Waals surface area contributed by atoms with Crippen molar-refractivity contribution in [2.24, 2.45) is 0 Å². The highest BCUT2D eigenvalue weighted by molar-refractivity contribution is 4.59. The fourth-order valence-electron chi connectivity index (χ4n) is 2.68. The highest BCUT2D eigenvalue weighted by Gasteiger charge is 2.06. The molecule has 0 aromatic heterocycles. The van der Waals surface area contributed by atoms with Gasteiger partial charge in [0.1, 0.15) is 0 Å². The van der Waals surface area contributed by atoms with Gasteiger partial charge in [-0.2, -0.15) is 0 Å². The van der Waals surface area contributed by atoms with Crippen LogP contribution >= 0.6 is 0 Å². The van der Waals surface area contributed by atoms with Gasteiger partial charge in [0.2, 0.25) is 0 Å². The van der Waals surface area contributed by atoms with Crippen LogP contribution < -0.4 is 0 Å². The molecule has 0 spiro atoms. The Labute approximate surface area is 122 Å². The molecule has 0 aromatic carbocycles. The topological polar surface area (TPSA) is 9.23 Å². The summed E-state index contributed by atoms with van der Waals surface area (Å²) in [6.45, 7) is 4.56. The van der Waals surface area contributed by atoms with Gasteiger partial charge in [-0.25, -0.2) is 0 Å². The monoisotopic (exact) mass is 270 g/mol. The van der Waals surface area contributed by atoms with Gasteiger partial charge in [-0.1, -0.05) is 90.9 Å². The first-order chi connectivity index (χ1) is 9.35. The minimum atomic E-state index is 0.525. The molecule has 1 unspecified atom stereocenters. The molecule has 0 fully saturated rings. The lowest BCUT2D eigenvalue weighted by molar-refractivity contribution is 0.0831. The standard InChI is InChI=1S/C18H38O/c1-4-6-8-10-11-13-15-17-18(19-3)16-14-12-9-7-5-2/h18H,4-17H2,1-3H3. The van der Waals surface area contributed by atoms with Gasteiger partial charge < -0.3 is 4.74 Å². The Morgan fingerprint density at radius 1 is 0.579 bits per heavy atom. The van der Waals surface area contributed by atoms with Gasteiger partial charge in [0.05, 0.1) is 6.10 Å². The summed E-state index contributed by atoms with van der Waals surface area (Å²) < 4.78 is 5.60. The van der Waals surface area contributed by atoms with E-state index in [1.807, 2.05) is 7.11 Å². The first-order valence-electron chi connectivity index (χ1n) is 8.87. The zero-order chi connectivity index (χ0) is 14.2. The quantitative estimate of drug-likeness (QED) is 0.308. The van der Waals surface area contributed by atoms with E-state index in [9.17, 15) is 0 Å². The summed E-state index contributed by atoms with van der Waals surface area (Å²) in [6, 6.07) is 0. The van der Waals surface area contributed by atoms with E-state index in [0.717, 1.165) is 0 Å². The second-order valence-corrected chi connectivity index (χ2v) is 5.97. The van der Waals surface area contributed by atoms with Crippen LogP contribution in [0.15, 0.2) is 0 Å². The third-order valence-electron chi connectivity index (χ3n) is 4.09. The molecule has 0 aliphatic rings. The van der Waals surface area contributed by atoms with Crippen LogP contribution in [0.25, 0.3) is 0 Å². The molecule has 0 heterocycles. The Morgan fingerprint density at radius 2 is 0.947 bits per heavy atom. The molecule has 0 aliphatic carbocycles. The number of hydrogen-bond acceptors (Lipinski definition) is 1. The Morgan fingerprint density at radius 3 is 1.32 bits per heavy atom. The molecular formula is C18H38O. The summed E-state index contributed by atoms with van der Waals surface area (Å²) in [5.74, 6) is 0. The Balaban J connectivity index is 3.29. The third-order valence-corrected chi connectivity index (χ3v) is 4.09. The van der Waals surface area contributed by atoms with Crippen molar-refractivity contribution in [3.8, 4) is 0 Å². The molecule has 1 nitrogen and oxygen atoms in total. The third kappa shape index (κ3) is 14.2. The second kappa shape index (κ2) is 16.0. The van der Waals surface area contributed by atoms with Gasteiger partial charge >= 0.3 is 0 Å². The zero-order valence-electron chi connectivity index (χ0n) is 13.9. The van der Waals surface area contributed by atoms with E-state index in [4.69, 9.17) is 4.74 Å². The van der Waals surface area contributed by atoms with Crippen LogP contribution in [-0.2, 0) is 4.74 Å². The lowest BCUT2D eigenvalue weighted by atomic mass is 10.0. The normalized spacial score (nSPS) is 12.8. The summed E-state index contributed by atoms with van der Waals surface area (Å²) in [7, 11) is 1.89. The van der Waals surface area contributed by atoms with Gasteiger partial charge in [0.15, 0.2) is 0 Å². The van der Waals surface area contributed by atoms with E-state index in [0.29, 0.717) is 6.10 Å². The van der Waals surface area contributed by atoms with Gasteiger partial charge in [0, 0.05) is 7.11 Å². The zero-order valence-corrected chi connectivity index (χ0v) is 13.9. The molecular weight excluding hydrogens is 232 g/mol. The average Bonchev–Trinajstić information content (AvgIpc) is 2.44. The van der Waals surface area contributed by atoms with Crippen LogP contribution in [0, 0.1) is 0 Å². The van der Waals surface area contributed by atoms with E-state index >= 15 is 0 Å². The summed E-state index contributed by atoms with van der Waals surface area (Å²) >= 11 is 0. The highest BCUT2D eigenvalue weighted by atomic mass is 16.5. The van der Waals surface area contributed by atoms with E-state index in [1.165, 1.54) is 89.9 Å². The van der Waals surface area contributed by atoms with Crippen LogP contribution in [0.1, 0.15) is 104 Å². The summed E-state index contributed by atoms with van der Waals surface area (Å²) in [4.78, 5) is 0. The summed E-state index contributed by atoms with van der Waals surface area (Å²) in [5, 5.41) is 0. The second-order valence-electron chi connectivity index (χ2n) is 5.97. The maximum atomic E-state index is 5.60. The molecule has 19 heavy (non-hydrogen) atoms. The number of methoxy groups -OCH3 is 1. The van der Waals surface area contributed by atoms with Crippen LogP contribution in [-0.4, -0.2) is 13.2 Å². The largest absolute Gasteiger partial charge is 0.381 e. The number of rotatable bonds is 15. The lowest BCUT2D eigenvalue weighted by Crippen LogP contribution is -2.10. The van der Waals surface area contributed by atoms with Crippen molar-refractivity contribution in [1.29, 1.82) is 0 Å². The Kier molecular flexibility index (Phi) is 16.0. The van der Waals surface area contributed by atoms with E-state index in [-0.39, 0.29) is 0 Å². The molecule has 0 N–H and O–H groups in total. The summed E-state index contributed by atoms with van der Waals surface area (Å²) in [6.07, 6.45) is 19.8. The molecule has 0 saturated carbocycles. The lowest BCUT2D eigenvalue weighted by Gasteiger charge is -2.15. The SMILES string of the molecule is CCCCCCCCCC(CCCCCCC)OC. The van der Waals surface area contributed by atoms with Crippen molar-refractivity contribution in [2.45, 2.75) is 110 Å². The van der Waals surface area contributed by atoms with Gasteiger partial charge in [-0.05, 0) is 12.8 Å². The molecule has 0 amide bonds. The number of ether oxygens (including phenoxy) is 1. The van der Waals surface area contributed by atoms with Crippen molar-refractivity contribution in [2.75, 3.05) is 7.11 Å². The average molecular weight is 271 g/mol. The molecule has 1 atom stereocenters. The van der Waals surface area contributed by atoms with Crippen LogP contribution in [0.4, 0.5) is 0 Å². The molecule has 0 radical (unpaired) electrons. The van der Waals surface area contributed by atoms with Crippen LogP contribution in [0.3, 0.4) is 0 Å². The Bertz CT molecular complexity index is 156. The van der Waals surface area contributed by atoms with E-state index < -0.39 is 0 Å². The van der Waals surface area contributed by atoms with Crippen LogP contribution in [0.5, 0.6) is 0 Å². The van der Waals surface area contributed by atoms with Gasteiger partial charge in [-0.15, -0.1) is 0 Å². The first kappa shape index (κ1) is 19.0. The molecule has 0 bridgehead atoms. The minimum absolute atomic E-state index is 0.525. The molecule has 1 heteroatoms. The molecule has 0 aromatic rings. The highest BCUT2D eigenvalue weighted by Crippen LogP contribution is 2.15. The fourth-order valence-corrected chi connectivity index (χ4v) is 2.68. The van der Waals surface area contributed by atoms with Crippen molar-refractivity contribution in [3.05, 3.63) is 0 Å². The van der Waals surface area contributed by atoms with Gasteiger partial charge in [0.25, 0.3) is 0 Å². The first-order valence-corrected chi connectivity index (χ1v) is 8.87. The number of hydrogen-bond donors (Lipinski definition) is 0. The van der Waals surface area contributed by atoms with Gasteiger partial charge in [-0.3, -0.25) is 0 Å². The van der Waals surface area contributed by atoms with Crippen molar-refractivity contribution in [1.82, 2.24) is 0 Å². The number of unbranched alkanes of at least 4 members (excludes halogenated alkanes) is 10. The Hall–Kier alpha value is -0.0400. The minimum Gasteiger partial charge on any atom is -0.381 e. The predicted octanol–water partition coefficient (Wildman–Crippen LogP) is 6.50. The van der Waals surface area contributed by atoms with E-state index in [1.54, 1.807) is 0 Å².